The van der Waals surface area contributed by atoms with Crippen molar-refractivity contribution in [2.75, 3.05) is 13.2 Å². The van der Waals surface area contributed by atoms with Crippen molar-refractivity contribution in [1.29, 1.82) is 0 Å². The Labute approximate surface area is 242 Å². The molecule has 246 valence electrons. The molecule has 11 atom stereocenters. The Morgan fingerprint density at radius 3 is 1.70 bits per heavy atom. The number of aldehydes is 1. The number of carbonyl (C=O) groups is 7. The minimum atomic E-state index is -2.72. The number of hydrogen-bond donors (Lipinski definition) is 11. The van der Waals surface area contributed by atoms with Gasteiger partial charge in [0.05, 0.1) is 25.7 Å². The van der Waals surface area contributed by atoms with Crippen molar-refractivity contribution in [3.8, 4) is 0 Å². The molecule has 0 saturated carbocycles. The molecule has 0 bridgehead atoms. The Morgan fingerprint density at radius 1 is 0.744 bits per heavy atom. The van der Waals surface area contributed by atoms with Gasteiger partial charge < -0.3 is 65.9 Å². The molecule has 1 amide bonds. The smallest absolute Gasteiger partial charge is 0.378 e. The third-order valence-corrected chi connectivity index (χ3v) is 5.69. The van der Waals surface area contributed by atoms with Crippen LogP contribution >= 0.6 is 0 Å². The molecule has 20 nitrogen and oxygen atoms in total. The zero-order valence-corrected chi connectivity index (χ0v) is 22.7. The van der Waals surface area contributed by atoms with Crippen molar-refractivity contribution in [1.82, 2.24) is 5.32 Å². The molecule has 0 aliphatic heterocycles. The maximum atomic E-state index is 12.6. The first-order chi connectivity index (χ1) is 19.8. The highest BCUT2D eigenvalue weighted by Gasteiger charge is 2.43. The molecule has 0 aromatic heterocycles. The van der Waals surface area contributed by atoms with Crippen LogP contribution in [0.2, 0.25) is 0 Å². The van der Waals surface area contributed by atoms with Gasteiger partial charge >= 0.3 is 11.9 Å². The summed E-state index contributed by atoms with van der Waals surface area (Å²) in [5, 5.41) is 97.8. The summed E-state index contributed by atoms with van der Waals surface area (Å²) in [5.74, 6) is -10.4. The number of carbonyl (C=O) groups excluding carboxylic acids is 7. The second-order valence-corrected chi connectivity index (χ2v) is 9.13. The van der Waals surface area contributed by atoms with Gasteiger partial charge in [-0.15, -0.1) is 0 Å². The van der Waals surface area contributed by atoms with E-state index >= 15 is 0 Å². The van der Waals surface area contributed by atoms with Gasteiger partial charge in [-0.25, -0.2) is 9.59 Å². The van der Waals surface area contributed by atoms with E-state index in [9.17, 15) is 74.4 Å². The van der Waals surface area contributed by atoms with Gasteiger partial charge in [0, 0.05) is 6.92 Å². The number of ether oxygens (including phenoxy) is 2. The van der Waals surface area contributed by atoms with E-state index in [-0.39, 0.29) is 0 Å². The molecule has 0 aliphatic rings. The van der Waals surface area contributed by atoms with Gasteiger partial charge in [0.2, 0.25) is 11.7 Å². The highest BCUT2D eigenvalue weighted by molar-refractivity contribution is 6.37. The van der Waals surface area contributed by atoms with Crippen LogP contribution in [-0.4, -0.2) is 173 Å². The van der Waals surface area contributed by atoms with Crippen LogP contribution in [0.15, 0.2) is 0 Å². The Balaban J connectivity index is 5.97. The highest BCUT2D eigenvalue weighted by Crippen LogP contribution is 2.15. The Kier molecular flexibility index (Phi) is 17.0. The standard InChI is InChI=1S/C23H35NO19/c1-7(28)15(34)18(37)14(24-8(2)29)9(30)3-10(31)22(40)43-21(17(36)12(33)5-26)13(6-27)42-23(41)20(39)19(38)16(35)11(32)4-25/h6-7,11-19,21,25-26,28,32-38H,3-5H2,1-2H3,(H,24,29)/t7-,11+,12-,13+,14+,15+,16-,17+,18-,19-,21-/m1/s1. The van der Waals surface area contributed by atoms with Crippen molar-refractivity contribution in [3.63, 3.8) is 0 Å². The molecule has 0 spiro atoms. The highest BCUT2D eigenvalue weighted by atomic mass is 16.6. The molecule has 0 unspecified atom stereocenters. The van der Waals surface area contributed by atoms with Gasteiger partial charge in [-0.1, -0.05) is 0 Å². The zero-order valence-electron chi connectivity index (χ0n) is 22.7. The third-order valence-electron chi connectivity index (χ3n) is 5.69. The minimum Gasteiger partial charge on any atom is -0.449 e. The van der Waals surface area contributed by atoms with Crippen LogP contribution < -0.4 is 5.32 Å². The number of aliphatic hydroxyl groups is 10. The Bertz CT molecular complexity index is 1000. The molecule has 20 heteroatoms. The summed E-state index contributed by atoms with van der Waals surface area (Å²) in [7, 11) is 0. The predicted molar refractivity (Wildman–Crippen MR) is 131 cm³/mol. The lowest BCUT2D eigenvalue weighted by Crippen LogP contribution is -2.55. The minimum absolute atomic E-state index is 0.391. The molecule has 0 aliphatic carbocycles. The van der Waals surface area contributed by atoms with Crippen LogP contribution in [0.4, 0.5) is 0 Å². The van der Waals surface area contributed by atoms with Crippen molar-refractivity contribution in [2.45, 2.75) is 87.3 Å². The quantitative estimate of drug-likeness (QED) is 0.0257. The lowest BCUT2D eigenvalue weighted by atomic mass is 9.95. The number of Topliss-reactive ketones (excluding diaryl/α,β-unsaturated/α-hetero) is 3. The van der Waals surface area contributed by atoms with Crippen molar-refractivity contribution in [3.05, 3.63) is 0 Å². The van der Waals surface area contributed by atoms with Crippen LogP contribution in [0, 0.1) is 0 Å². The van der Waals surface area contributed by atoms with Gasteiger partial charge in [-0.05, 0) is 6.92 Å². The van der Waals surface area contributed by atoms with Crippen molar-refractivity contribution < 1.29 is 94.1 Å². The molecular formula is C23H35NO19. The third kappa shape index (κ3) is 11.7. The van der Waals surface area contributed by atoms with E-state index in [1.54, 1.807) is 0 Å². The van der Waals surface area contributed by atoms with E-state index in [2.05, 4.69) is 9.47 Å². The molecule has 11 N–H and O–H groups in total. The molecule has 0 rings (SSSR count). The van der Waals surface area contributed by atoms with Crippen LogP contribution in [0.25, 0.3) is 0 Å². The number of ketones is 3. The van der Waals surface area contributed by atoms with E-state index in [0.717, 1.165) is 13.8 Å². The van der Waals surface area contributed by atoms with E-state index in [0.29, 0.717) is 0 Å². The first-order valence-electron chi connectivity index (χ1n) is 12.3. The summed E-state index contributed by atoms with van der Waals surface area (Å²) in [4.78, 5) is 84.7. The van der Waals surface area contributed by atoms with Crippen LogP contribution in [0.5, 0.6) is 0 Å². The van der Waals surface area contributed by atoms with Crippen LogP contribution in [0.1, 0.15) is 20.3 Å². The maximum Gasteiger partial charge on any atom is 0.378 e. The molecular weight excluding hydrogens is 594 g/mol. The number of aliphatic hydroxyl groups excluding tert-OH is 10. The number of hydrogen-bond acceptors (Lipinski definition) is 19. The first-order valence-corrected chi connectivity index (χ1v) is 12.3. The van der Waals surface area contributed by atoms with E-state index in [1.165, 1.54) is 0 Å². The lowest BCUT2D eigenvalue weighted by Gasteiger charge is -2.29. The average molecular weight is 630 g/mol. The molecule has 0 fully saturated rings. The van der Waals surface area contributed by atoms with Gasteiger partial charge in [-0.2, -0.15) is 0 Å². The SMILES string of the molecule is CC(=O)N[C@@H](C(=O)CC(=O)C(=O)O[C@@H]([C@@H](O)[C@H](O)CO)[C@H](C=O)OC(=O)C(=O)[C@H](O)[C@H](O)[C@@H](O)CO)[C@@H](O)[C@@H](O)[C@@H](C)O. The number of rotatable bonds is 20. The fourth-order valence-electron chi connectivity index (χ4n) is 3.19. The molecule has 0 aromatic carbocycles. The van der Waals surface area contributed by atoms with Crippen molar-refractivity contribution >= 4 is 41.5 Å². The maximum absolute atomic E-state index is 12.6. The van der Waals surface area contributed by atoms with Crippen LogP contribution in [-0.2, 0) is 43.0 Å². The lowest BCUT2D eigenvalue weighted by molar-refractivity contribution is -0.188. The molecule has 0 radical (unpaired) electrons. The van der Waals surface area contributed by atoms with Crippen LogP contribution in [0.3, 0.4) is 0 Å². The topological polar surface area (TPSA) is 352 Å². The number of esters is 2. The van der Waals surface area contributed by atoms with E-state index in [1.807, 2.05) is 5.32 Å². The molecule has 0 aromatic rings. The van der Waals surface area contributed by atoms with E-state index in [4.69, 9.17) is 10.2 Å². The second-order valence-electron chi connectivity index (χ2n) is 9.13. The summed E-state index contributed by atoms with van der Waals surface area (Å²) in [6.45, 7) is -0.533. The Morgan fingerprint density at radius 2 is 1.26 bits per heavy atom. The van der Waals surface area contributed by atoms with Gasteiger partial charge in [0.25, 0.3) is 5.78 Å². The van der Waals surface area contributed by atoms with Gasteiger partial charge in [0.1, 0.15) is 42.7 Å². The summed E-state index contributed by atoms with van der Waals surface area (Å²) in [6.07, 6.45) is -24.9. The van der Waals surface area contributed by atoms with E-state index < -0.39 is 128 Å². The van der Waals surface area contributed by atoms with Gasteiger partial charge in [-0.3, -0.25) is 24.0 Å². The molecule has 43 heavy (non-hydrogen) atoms. The fraction of sp³-hybridized carbons (Fsp3) is 0.696. The Hall–Kier alpha value is -3.31. The number of amides is 1. The van der Waals surface area contributed by atoms with Crippen molar-refractivity contribution in [2.24, 2.45) is 0 Å². The molecule has 0 heterocycles. The normalized spacial score (nSPS) is 19.1. The summed E-state index contributed by atoms with van der Waals surface area (Å²) >= 11 is 0. The first kappa shape index (κ1) is 39.7. The number of nitrogens with one attached hydrogen (secondary N) is 1. The fourth-order valence-corrected chi connectivity index (χ4v) is 3.19. The summed E-state index contributed by atoms with van der Waals surface area (Å²) < 4.78 is 9.03. The largest absolute Gasteiger partial charge is 0.449 e. The molecule has 0 saturated heterocycles. The monoisotopic (exact) mass is 629 g/mol. The summed E-state index contributed by atoms with van der Waals surface area (Å²) in [5.41, 5.74) is 0. The van der Waals surface area contributed by atoms with Gasteiger partial charge in [0.15, 0.2) is 30.4 Å². The second kappa shape index (κ2) is 18.4. The average Bonchev–Trinajstić information content (AvgIpc) is 2.97. The summed E-state index contributed by atoms with van der Waals surface area (Å²) in [6, 6.07) is -2.04. The predicted octanol–water partition coefficient (Wildman–Crippen LogP) is -8.50. The zero-order chi connectivity index (χ0) is 33.8.